The standard InChI is InChI=1S/C18H17F5N8/c1-8(18(21,22)23)25-17-28-15(24)14-10(5-6-31(14)29-17)11-3-4-12-16(27-11)30(7-13(19)20)9(2)26-12/h3-6,8,13H,7H2,1-2H3,(H3,24,25,28,29)/t8-/m1/s1. The molecule has 1 atom stereocenters. The van der Waals surface area contributed by atoms with Gasteiger partial charge in [0.2, 0.25) is 5.95 Å². The number of rotatable bonds is 5. The highest BCUT2D eigenvalue weighted by Crippen LogP contribution is 2.30. The fourth-order valence-electron chi connectivity index (χ4n) is 3.22. The minimum absolute atomic E-state index is 0.0639. The van der Waals surface area contributed by atoms with Gasteiger partial charge in [-0.05, 0) is 32.0 Å². The maximum atomic E-state index is 13.0. The largest absolute Gasteiger partial charge is 0.408 e. The van der Waals surface area contributed by atoms with Crippen LogP contribution in [0, 0.1) is 6.92 Å². The van der Waals surface area contributed by atoms with E-state index in [0.29, 0.717) is 28.1 Å². The first-order valence-electron chi connectivity index (χ1n) is 9.15. The van der Waals surface area contributed by atoms with Crippen molar-refractivity contribution in [2.75, 3.05) is 11.1 Å². The lowest BCUT2D eigenvalue weighted by Gasteiger charge is -2.17. The molecule has 164 valence electrons. The molecule has 3 N–H and O–H groups in total. The number of hydrogen-bond acceptors (Lipinski definition) is 6. The van der Waals surface area contributed by atoms with Crippen molar-refractivity contribution in [3.05, 3.63) is 30.2 Å². The van der Waals surface area contributed by atoms with E-state index >= 15 is 0 Å². The normalized spacial score (nSPS) is 13.4. The molecular weight excluding hydrogens is 423 g/mol. The minimum atomic E-state index is -4.48. The second-order valence-electron chi connectivity index (χ2n) is 6.95. The molecule has 0 spiro atoms. The summed E-state index contributed by atoms with van der Waals surface area (Å²) < 4.78 is 66.9. The van der Waals surface area contributed by atoms with Gasteiger partial charge in [-0.25, -0.2) is 23.3 Å². The number of pyridine rings is 1. The highest BCUT2D eigenvalue weighted by molar-refractivity contribution is 5.88. The third kappa shape index (κ3) is 3.82. The van der Waals surface area contributed by atoms with Crippen LogP contribution in [-0.4, -0.2) is 47.8 Å². The van der Waals surface area contributed by atoms with Crippen LogP contribution in [-0.2, 0) is 6.54 Å². The van der Waals surface area contributed by atoms with Crippen LogP contribution in [0.25, 0.3) is 27.9 Å². The van der Waals surface area contributed by atoms with Gasteiger partial charge in [-0.2, -0.15) is 18.2 Å². The van der Waals surface area contributed by atoms with Crippen molar-refractivity contribution in [3.63, 3.8) is 0 Å². The van der Waals surface area contributed by atoms with Crippen LogP contribution in [0.3, 0.4) is 0 Å². The SMILES string of the molecule is Cc1nc2ccc(-c3ccn4nc(N[C@H](C)C(F)(F)F)nc(N)c34)nc2n1CC(F)F. The molecule has 0 aliphatic heterocycles. The first kappa shape index (κ1) is 20.8. The topological polar surface area (TPSA) is 98.9 Å². The van der Waals surface area contributed by atoms with Crippen LogP contribution < -0.4 is 11.1 Å². The molecule has 0 saturated carbocycles. The van der Waals surface area contributed by atoms with Crippen molar-refractivity contribution >= 4 is 28.4 Å². The molecule has 4 aromatic rings. The molecule has 0 aliphatic rings. The van der Waals surface area contributed by atoms with E-state index in [9.17, 15) is 22.0 Å². The minimum Gasteiger partial charge on any atom is -0.382 e. The molecule has 0 radical (unpaired) electrons. The van der Waals surface area contributed by atoms with Crippen molar-refractivity contribution in [3.8, 4) is 11.3 Å². The van der Waals surface area contributed by atoms with Crippen molar-refractivity contribution in [2.24, 2.45) is 0 Å². The van der Waals surface area contributed by atoms with Crippen molar-refractivity contribution < 1.29 is 22.0 Å². The summed E-state index contributed by atoms with van der Waals surface area (Å²) in [4.78, 5) is 12.6. The predicted octanol–water partition coefficient (Wildman–Crippen LogP) is 3.66. The Morgan fingerprint density at radius 2 is 1.87 bits per heavy atom. The fraction of sp³-hybridized carbons (Fsp3) is 0.333. The number of halogens is 5. The number of imidazole rings is 1. The number of nitrogens with zero attached hydrogens (tertiary/aromatic N) is 6. The lowest BCUT2D eigenvalue weighted by atomic mass is 10.2. The van der Waals surface area contributed by atoms with Crippen molar-refractivity contribution in [2.45, 2.75) is 39.0 Å². The van der Waals surface area contributed by atoms with Crippen molar-refractivity contribution in [1.29, 1.82) is 0 Å². The van der Waals surface area contributed by atoms with Crippen LogP contribution in [0.4, 0.5) is 33.7 Å². The van der Waals surface area contributed by atoms with Crippen LogP contribution in [0.5, 0.6) is 0 Å². The number of nitrogen functional groups attached to an aromatic ring is 1. The summed E-state index contributed by atoms with van der Waals surface area (Å²) in [6.45, 7) is 2.00. The zero-order chi connectivity index (χ0) is 22.5. The highest BCUT2D eigenvalue weighted by atomic mass is 19.4. The molecule has 31 heavy (non-hydrogen) atoms. The van der Waals surface area contributed by atoms with Crippen LogP contribution >= 0.6 is 0 Å². The van der Waals surface area contributed by atoms with E-state index in [1.165, 1.54) is 15.3 Å². The first-order valence-corrected chi connectivity index (χ1v) is 9.15. The molecule has 4 aromatic heterocycles. The quantitative estimate of drug-likeness (QED) is 0.460. The number of alkyl halides is 5. The van der Waals surface area contributed by atoms with Crippen LogP contribution in [0.2, 0.25) is 0 Å². The molecule has 8 nitrogen and oxygen atoms in total. The van der Waals surface area contributed by atoms with Gasteiger partial charge >= 0.3 is 6.18 Å². The molecule has 0 fully saturated rings. The number of hydrogen-bond donors (Lipinski definition) is 2. The molecule has 0 saturated heterocycles. The van der Waals surface area contributed by atoms with Gasteiger partial charge in [0.25, 0.3) is 6.43 Å². The van der Waals surface area contributed by atoms with E-state index in [4.69, 9.17) is 5.73 Å². The summed E-state index contributed by atoms with van der Waals surface area (Å²) in [5, 5.41) is 6.20. The van der Waals surface area contributed by atoms with Gasteiger partial charge < -0.3 is 15.6 Å². The molecule has 0 bridgehead atoms. The second-order valence-corrected chi connectivity index (χ2v) is 6.95. The van der Waals surface area contributed by atoms with Crippen LogP contribution in [0.15, 0.2) is 24.4 Å². The second kappa shape index (κ2) is 7.32. The zero-order valence-electron chi connectivity index (χ0n) is 16.3. The van der Waals surface area contributed by atoms with Crippen LogP contribution in [0.1, 0.15) is 12.7 Å². The zero-order valence-corrected chi connectivity index (χ0v) is 16.3. The number of fused-ring (bicyclic) bond motifs is 2. The highest BCUT2D eigenvalue weighted by Gasteiger charge is 2.36. The summed E-state index contributed by atoms with van der Waals surface area (Å²) in [6.07, 6.45) is -5.56. The molecule has 0 amide bonds. The van der Waals surface area contributed by atoms with Gasteiger partial charge in [-0.1, -0.05) is 0 Å². The first-order chi connectivity index (χ1) is 14.5. The van der Waals surface area contributed by atoms with Gasteiger partial charge in [-0.3, -0.25) is 0 Å². The maximum absolute atomic E-state index is 13.0. The average molecular weight is 440 g/mol. The van der Waals surface area contributed by atoms with Gasteiger partial charge in [0.15, 0.2) is 11.5 Å². The monoisotopic (exact) mass is 440 g/mol. The molecular formula is C18H17F5N8. The van der Waals surface area contributed by atoms with E-state index in [0.717, 1.165) is 6.92 Å². The molecule has 4 heterocycles. The smallest absolute Gasteiger partial charge is 0.382 e. The average Bonchev–Trinajstić information content (AvgIpc) is 3.22. The summed E-state index contributed by atoms with van der Waals surface area (Å²) in [7, 11) is 0. The third-order valence-corrected chi connectivity index (χ3v) is 4.75. The number of nitrogens with one attached hydrogen (secondary N) is 1. The van der Waals surface area contributed by atoms with E-state index in [1.807, 2.05) is 0 Å². The Kier molecular flexibility index (Phi) is 4.90. The maximum Gasteiger partial charge on any atom is 0.408 e. The third-order valence-electron chi connectivity index (χ3n) is 4.75. The molecule has 4 rings (SSSR count). The predicted molar refractivity (Wildman–Crippen MR) is 104 cm³/mol. The van der Waals surface area contributed by atoms with Gasteiger partial charge in [0, 0.05) is 11.8 Å². The van der Waals surface area contributed by atoms with Crippen molar-refractivity contribution in [1.82, 2.24) is 29.1 Å². The van der Waals surface area contributed by atoms with E-state index in [1.54, 1.807) is 25.1 Å². The molecule has 0 unspecified atom stereocenters. The van der Waals surface area contributed by atoms with E-state index in [-0.39, 0.29) is 17.4 Å². The number of aryl methyl sites for hydroxylation is 1. The summed E-state index contributed by atoms with van der Waals surface area (Å²) >= 11 is 0. The number of aromatic nitrogens is 6. The Morgan fingerprint density at radius 3 is 2.55 bits per heavy atom. The van der Waals surface area contributed by atoms with Gasteiger partial charge in [-0.15, -0.1) is 5.10 Å². The number of nitrogens with two attached hydrogens (primary N) is 1. The fourth-order valence-corrected chi connectivity index (χ4v) is 3.22. The Morgan fingerprint density at radius 1 is 1.13 bits per heavy atom. The van der Waals surface area contributed by atoms with E-state index < -0.39 is 25.2 Å². The summed E-state index contributed by atoms with van der Waals surface area (Å²) in [5.74, 6) is 0.0519. The van der Waals surface area contributed by atoms with E-state index in [2.05, 4.69) is 25.4 Å². The lowest BCUT2D eigenvalue weighted by molar-refractivity contribution is -0.138. The lowest BCUT2D eigenvalue weighted by Crippen LogP contribution is -2.34. The molecule has 0 aromatic carbocycles. The number of anilines is 2. The Labute approximate surface area is 171 Å². The van der Waals surface area contributed by atoms with Gasteiger partial charge in [0.1, 0.15) is 22.9 Å². The Hall–Kier alpha value is -3.51. The summed E-state index contributed by atoms with van der Waals surface area (Å²) in [5.41, 5.74) is 7.98. The Balaban J connectivity index is 1.77. The van der Waals surface area contributed by atoms with Gasteiger partial charge in [0.05, 0.1) is 12.2 Å². The summed E-state index contributed by atoms with van der Waals surface area (Å²) in [6, 6.07) is 3.04. The molecule has 0 aliphatic carbocycles. The Bertz CT molecular complexity index is 1260. The molecule has 13 heteroatoms.